The Morgan fingerprint density at radius 3 is 2.47 bits per heavy atom. The van der Waals surface area contributed by atoms with Crippen LogP contribution in [0.4, 0.5) is 4.39 Å². The van der Waals surface area contributed by atoms with Crippen molar-refractivity contribution >= 4 is 28.8 Å². The first kappa shape index (κ1) is 25.7. The lowest BCUT2D eigenvalue weighted by Gasteiger charge is -2.36. The van der Waals surface area contributed by atoms with Gasteiger partial charge >= 0.3 is 5.97 Å². The summed E-state index contributed by atoms with van der Waals surface area (Å²) < 4.78 is 18.6. The van der Waals surface area contributed by atoms with Gasteiger partial charge in [0.05, 0.1) is 30.3 Å². The van der Waals surface area contributed by atoms with E-state index in [4.69, 9.17) is 4.74 Å². The molecule has 0 saturated carbocycles. The molecule has 1 N–H and O–H groups in total. The molecule has 0 aromatic heterocycles. The summed E-state index contributed by atoms with van der Waals surface area (Å²) in [5, 5.41) is 5.53. The van der Waals surface area contributed by atoms with Gasteiger partial charge < -0.3 is 15.0 Å². The molecule has 2 aromatic carbocycles. The Bertz CT molecular complexity index is 1230. The number of benzene rings is 2. The van der Waals surface area contributed by atoms with E-state index in [1.165, 1.54) is 29.5 Å². The molecule has 188 valence electrons. The number of rotatable bonds is 8. The number of allylic oxidation sites excluding steroid dienone is 1. The molecule has 0 radical (unpaired) electrons. The second kappa shape index (κ2) is 11.1. The van der Waals surface area contributed by atoms with Crippen LogP contribution in [-0.2, 0) is 20.9 Å². The molecule has 0 spiro atoms. The van der Waals surface area contributed by atoms with Crippen LogP contribution in [0.2, 0.25) is 0 Å². The Labute approximate surface area is 215 Å². The Morgan fingerprint density at radius 1 is 1.14 bits per heavy atom. The Hall–Kier alpha value is -3.39. The summed E-state index contributed by atoms with van der Waals surface area (Å²) in [5.74, 6) is -0.520. The van der Waals surface area contributed by atoms with Gasteiger partial charge in [0.2, 0.25) is 5.91 Å². The van der Waals surface area contributed by atoms with Gasteiger partial charge in [0.1, 0.15) is 5.82 Å². The number of nitrogens with zero attached hydrogens (tertiary/aromatic N) is 2. The molecule has 0 aliphatic carbocycles. The zero-order chi connectivity index (χ0) is 25.8. The number of esters is 1. The number of hydrogen-bond acceptors (Lipinski definition) is 6. The van der Waals surface area contributed by atoms with Crippen LogP contribution in [0.5, 0.6) is 0 Å². The van der Waals surface area contributed by atoms with Crippen molar-refractivity contribution in [3.63, 3.8) is 0 Å². The van der Waals surface area contributed by atoms with E-state index >= 15 is 0 Å². The number of carbonyl (C=O) groups is 2. The minimum Gasteiger partial charge on any atom is -0.463 e. The van der Waals surface area contributed by atoms with Crippen LogP contribution < -0.4 is 5.32 Å². The lowest BCUT2D eigenvalue weighted by Crippen LogP contribution is -2.38. The minimum absolute atomic E-state index is 0.114. The zero-order valence-electron chi connectivity index (χ0n) is 20.9. The maximum Gasteiger partial charge on any atom is 0.338 e. The van der Waals surface area contributed by atoms with Gasteiger partial charge in [-0.05, 0) is 54.0 Å². The molecule has 0 saturated heterocycles. The summed E-state index contributed by atoms with van der Waals surface area (Å²) in [7, 11) is 0. The SMILES string of the molecule is CCOC(=O)C1=C(C)N=C2SC=C(CC(=O)NCc3ccc(F)cc3)N2[C@H]1c1ccc(C(C)C)cc1. The van der Waals surface area contributed by atoms with Gasteiger partial charge in [-0.15, -0.1) is 0 Å². The van der Waals surface area contributed by atoms with E-state index < -0.39 is 12.0 Å². The largest absolute Gasteiger partial charge is 0.463 e. The normalized spacial score (nSPS) is 17.1. The number of hydrogen-bond donors (Lipinski definition) is 1. The minimum atomic E-state index is -0.455. The fourth-order valence-corrected chi connectivity index (χ4v) is 5.21. The third kappa shape index (κ3) is 5.54. The van der Waals surface area contributed by atoms with Crippen molar-refractivity contribution in [3.05, 3.63) is 93.4 Å². The zero-order valence-corrected chi connectivity index (χ0v) is 21.7. The number of halogens is 1. The summed E-state index contributed by atoms with van der Waals surface area (Å²) in [6.07, 6.45) is 0.114. The summed E-state index contributed by atoms with van der Waals surface area (Å²) in [6.45, 7) is 8.43. The highest BCUT2D eigenvalue weighted by Crippen LogP contribution is 2.45. The van der Waals surface area contributed by atoms with Gasteiger partial charge in [-0.3, -0.25) is 4.79 Å². The number of aliphatic imine (C=N–C) groups is 1. The van der Waals surface area contributed by atoms with Gasteiger partial charge in [0.25, 0.3) is 0 Å². The van der Waals surface area contributed by atoms with Crippen molar-refractivity contribution in [1.82, 2.24) is 10.2 Å². The highest BCUT2D eigenvalue weighted by atomic mass is 32.2. The average molecular weight is 508 g/mol. The molecule has 1 amide bonds. The number of fused-ring (bicyclic) bond motifs is 1. The van der Waals surface area contributed by atoms with Crippen LogP contribution in [0.3, 0.4) is 0 Å². The molecule has 0 fully saturated rings. The summed E-state index contributed by atoms with van der Waals surface area (Å²) >= 11 is 1.44. The number of amides is 1. The van der Waals surface area contributed by atoms with Crippen molar-refractivity contribution in [1.29, 1.82) is 0 Å². The van der Waals surface area contributed by atoms with Gasteiger partial charge in [-0.2, -0.15) is 0 Å². The van der Waals surface area contributed by atoms with E-state index in [1.807, 2.05) is 29.4 Å². The van der Waals surface area contributed by atoms with Crippen molar-refractivity contribution in [3.8, 4) is 0 Å². The maximum absolute atomic E-state index is 13.2. The fourth-order valence-electron chi connectivity index (χ4n) is 4.25. The molecule has 2 aromatic rings. The topological polar surface area (TPSA) is 71.0 Å². The highest BCUT2D eigenvalue weighted by Gasteiger charge is 2.41. The van der Waals surface area contributed by atoms with Crippen molar-refractivity contribution in [2.75, 3.05) is 6.61 Å². The molecule has 36 heavy (non-hydrogen) atoms. The van der Waals surface area contributed by atoms with E-state index in [0.717, 1.165) is 22.0 Å². The third-order valence-electron chi connectivity index (χ3n) is 6.16. The van der Waals surface area contributed by atoms with Crippen molar-refractivity contribution in [2.24, 2.45) is 4.99 Å². The predicted molar refractivity (Wildman–Crippen MR) is 140 cm³/mol. The first-order valence-corrected chi connectivity index (χ1v) is 12.9. The lowest BCUT2D eigenvalue weighted by atomic mass is 9.92. The quantitative estimate of drug-likeness (QED) is 0.458. The van der Waals surface area contributed by atoms with Crippen molar-refractivity contribution < 1.29 is 18.7 Å². The van der Waals surface area contributed by atoms with Crippen LogP contribution in [0.1, 0.15) is 62.8 Å². The Kier molecular flexibility index (Phi) is 7.94. The molecule has 2 heterocycles. The molecule has 4 rings (SSSR count). The number of amidine groups is 1. The molecule has 1 atom stereocenters. The Balaban J connectivity index is 1.60. The summed E-state index contributed by atoms with van der Waals surface area (Å²) in [5.41, 5.74) is 4.77. The monoisotopic (exact) mass is 507 g/mol. The molecule has 2 aliphatic heterocycles. The highest BCUT2D eigenvalue weighted by molar-refractivity contribution is 8.16. The number of nitrogens with one attached hydrogen (secondary N) is 1. The molecule has 2 aliphatic rings. The smallest absolute Gasteiger partial charge is 0.338 e. The van der Waals surface area contributed by atoms with E-state index in [1.54, 1.807) is 19.1 Å². The summed E-state index contributed by atoms with van der Waals surface area (Å²) in [4.78, 5) is 32.6. The Morgan fingerprint density at radius 2 is 1.83 bits per heavy atom. The predicted octanol–water partition coefficient (Wildman–Crippen LogP) is 5.79. The van der Waals surface area contributed by atoms with Gasteiger partial charge in [0, 0.05) is 12.2 Å². The van der Waals surface area contributed by atoms with E-state index in [0.29, 0.717) is 23.7 Å². The summed E-state index contributed by atoms with van der Waals surface area (Å²) in [6, 6.07) is 13.8. The van der Waals surface area contributed by atoms with E-state index in [9.17, 15) is 14.0 Å². The third-order valence-corrected chi connectivity index (χ3v) is 7.05. The second-order valence-electron chi connectivity index (χ2n) is 9.01. The molecular weight excluding hydrogens is 477 g/mol. The van der Waals surface area contributed by atoms with E-state index in [-0.39, 0.29) is 24.8 Å². The average Bonchev–Trinajstić information content (AvgIpc) is 3.24. The van der Waals surface area contributed by atoms with Gasteiger partial charge in [-0.25, -0.2) is 14.2 Å². The molecule has 8 heteroatoms. The van der Waals surface area contributed by atoms with Crippen LogP contribution in [0, 0.1) is 5.82 Å². The van der Waals surface area contributed by atoms with Gasteiger partial charge in [-0.1, -0.05) is 62.0 Å². The van der Waals surface area contributed by atoms with Crippen LogP contribution >= 0.6 is 11.8 Å². The molecule has 0 unspecified atom stereocenters. The van der Waals surface area contributed by atoms with Crippen LogP contribution in [0.15, 0.2) is 75.9 Å². The maximum atomic E-state index is 13.2. The number of carbonyl (C=O) groups excluding carboxylic acids is 2. The van der Waals surface area contributed by atoms with Gasteiger partial charge in [0.15, 0.2) is 5.17 Å². The fraction of sp³-hybridized carbons (Fsp3) is 0.321. The van der Waals surface area contributed by atoms with Crippen molar-refractivity contribution in [2.45, 2.75) is 52.6 Å². The first-order valence-electron chi connectivity index (χ1n) is 12.0. The first-order chi connectivity index (χ1) is 17.3. The molecule has 0 bridgehead atoms. The molecule has 6 nitrogen and oxygen atoms in total. The van der Waals surface area contributed by atoms with Crippen LogP contribution in [0.25, 0.3) is 0 Å². The van der Waals surface area contributed by atoms with E-state index in [2.05, 4.69) is 36.3 Å². The lowest BCUT2D eigenvalue weighted by molar-refractivity contribution is -0.139. The molecular formula is C28H30FN3O3S. The number of thioether (sulfide) groups is 1. The standard InChI is InChI=1S/C28H30FN3O3S/c1-5-35-27(34)25-18(4)31-28-32(26(25)21-10-8-20(9-11-21)17(2)3)23(16-36-28)14-24(33)30-15-19-6-12-22(29)13-7-19/h6-13,16-17,26H,5,14-15H2,1-4H3,(H,30,33)/t26-/m0/s1. The number of ether oxygens (including phenoxy) is 1. The second-order valence-corrected chi connectivity index (χ2v) is 9.85. The van der Waals surface area contributed by atoms with Crippen LogP contribution in [-0.4, -0.2) is 28.6 Å².